The number of piperazine rings is 1. The third-order valence-electron chi connectivity index (χ3n) is 4.20. The number of anilines is 1. The molecule has 4 rings (SSSR count). The zero-order valence-electron chi connectivity index (χ0n) is 12.8. The van der Waals surface area contributed by atoms with E-state index >= 15 is 0 Å². The second-order valence-electron chi connectivity index (χ2n) is 5.73. The molecular formula is C16H15F2N5O. The van der Waals surface area contributed by atoms with Crippen molar-refractivity contribution in [1.82, 2.24) is 20.0 Å². The molecule has 6 nitrogen and oxygen atoms in total. The number of hydrogen-bond acceptors (Lipinski definition) is 6. The molecule has 0 unspecified atom stereocenters. The predicted molar refractivity (Wildman–Crippen MR) is 83.4 cm³/mol. The SMILES string of the molecule is Fc1ccc2c(CN3CCN(c4ncncc4F)CC3)noc2c1. The van der Waals surface area contributed by atoms with E-state index in [9.17, 15) is 8.78 Å². The van der Waals surface area contributed by atoms with Crippen LogP contribution in [-0.2, 0) is 6.54 Å². The summed E-state index contributed by atoms with van der Waals surface area (Å²) in [5, 5.41) is 4.86. The highest BCUT2D eigenvalue weighted by atomic mass is 19.1. The predicted octanol–water partition coefficient (Wildman–Crippen LogP) is 2.22. The number of fused-ring (bicyclic) bond motifs is 1. The van der Waals surface area contributed by atoms with E-state index in [2.05, 4.69) is 20.0 Å². The van der Waals surface area contributed by atoms with Crippen LogP contribution in [0.15, 0.2) is 35.2 Å². The summed E-state index contributed by atoms with van der Waals surface area (Å²) in [6.07, 6.45) is 2.53. The van der Waals surface area contributed by atoms with Gasteiger partial charge in [0.15, 0.2) is 17.2 Å². The van der Waals surface area contributed by atoms with Gasteiger partial charge in [0.1, 0.15) is 17.8 Å². The maximum absolute atomic E-state index is 13.8. The van der Waals surface area contributed by atoms with Gasteiger partial charge in [0, 0.05) is 44.2 Å². The number of hydrogen-bond donors (Lipinski definition) is 0. The van der Waals surface area contributed by atoms with Crippen molar-refractivity contribution < 1.29 is 13.3 Å². The Balaban J connectivity index is 1.43. The summed E-state index contributed by atoms with van der Waals surface area (Å²) < 4.78 is 32.1. The number of nitrogens with zero attached hydrogens (tertiary/aromatic N) is 5. The highest BCUT2D eigenvalue weighted by Gasteiger charge is 2.22. The molecule has 1 aliphatic heterocycles. The standard InChI is InChI=1S/C16H15F2N5O/c17-11-1-2-12-14(21-24-15(12)7-11)9-22-3-5-23(6-4-22)16-13(18)8-19-10-20-16/h1-2,7-8,10H,3-6,9H2. The topological polar surface area (TPSA) is 58.3 Å². The van der Waals surface area contributed by atoms with Gasteiger partial charge >= 0.3 is 0 Å². The second kappa shape index (κ2) is 6.12. The van der Waals surface area contributed by atoms with Crippen LogP contribution in [0.25, 0.3) is 11.0 Å². The molecule has 0 radical (unpaired) electrons. The van der Waals surface area contributed by atoms with Gasteiger partial charge in [0.25, 0.3) is 0 Å². The number of aromatic nitrogens is 3. The van der Waals surface area contributed by atoms with Gasteiger partial charge in [-0.3, -0.25) is 4.90 Å². The Morgan fingerprint density at radius 1 is 1.12 bits per heavy atom. The van der Waals surface area contributed by atoms with E-state index in [0.29, 0.717) is 31.0 Å². The summed E-state index contributed by atoms with van der Waals surface area (Å²) in [6.45, 7) is 3.44. The Hall–Kier alpha value is -2.61. The van der Waals surface area contributed by atoms with Crippen molar-refractivity contribution in [3.8, 4) is 0 Å². The van der Waals surface area contributed by atoms with Crippen molar-refractivity contribution in [2.45, 2.75) is 6.54 Å². The van der Waals surface area contributed by atoms with Gasteiger partial charge < -0.3 is 9.42 Å². The lowest BCUT2D eigenvalue weighted by Gasteiger charge is -2.34. The van der Waals surface area contributed by atoms with Gasteiger partial charge in [0.05, 0.1) is 6.20 Å². The van der Waals surface area contributed by atoms with Gasteiger partial charge in [-0.1, -0.05) is 5.16 Å². The summed E-state index contributed by atoms with van der Waals surface area (Å²) in [5.41, 5.74) is 1.23. The largest absolute Gasteiger partial charge is 0.356 e. The number of rotatable bonds is 3. The summed E-state index contributed by atoms with van der Waals surface area (Å²) >= 11 is 0. The highest BCUT2D eigenvalue weighted by Crippen LogP contribution is 2.22. The fourth-order valence-electron chi connectivity index (χ4n) is 2.95. The first-order valence-electron chi connectivity index (χ1n) is 7.67. The van der Waals surface area contributed by atoms with Crippen molar-refractivity contribution in [2.24, 2.45) is 0 Å². The van der Waals surface area contributed by atoms with Crippen LogP contribution in [0.1, 0.15) is 5.69 Å². The highest BCUT2D eigenvalue weighted by molar-refractivity contribution is 5.79. The molecule has 3 aromatic rings. The molecule has 1 aliphatic rings. The summed E-state index contributed by atoms with van der Waals surface area (Å²) in [6, 6.07) is 4.42. The van der Waals surface area contributed by atoms with Crippen molar-refractivity contribution >= 4 is 16.8 Å². The Kier molecular flexibility index (Phi) is 3.81. The van der Waals surface area contributed by atoms with Crippen LogP contribution in [0.3, 0.4) is 0 Å². The number of benzene rings is 1. The van der Waals surface area contributed by atoms with Crippen molar-refractivity contribution in [2.75, 3.05) is 31.1 Å². The lowest BCUT2D eigenvalue weighted by Crippen LogP contribution is -2.46. The molecule has 1 aromatic carbocycles. The Morgan fingerprint density at radius 3 is 2.75 bits per heavy atom. The molecule has 0 atom stereocenters. The molecule has 24 heavy (non-hydrogen) atoms. The van der Waals surface area contributed by atoms with E-state index < -0.39 is 5.82 Å². The second-order valence-corrected chi connectivity index (χ2v) is 5.73. The van der Waals surface area contributed by atoms with E-state index in [-0.39, 0.29) is 5.82 Å². The van der Waals surface area contributed by atoms with E-state index in [4.69, 9.17) is 4.52 Å². The molecule has 0 amide bonds. The minimum absolute atomic E-state index is 0.340. The molecule has 1 saturated heterocycles. The Labute approximate surface area is 136 Å². The molecule has 0 saturated carbocycles. The first-order chi connectivity index (χ1) is 11.7. The minimum Gasteiger partial charge on any atom is -0.356 e. The minimum atomic E-state index is -0.407. The molecule has 0 aliphatic carbocycles. The maximum atomic E-state index is 13.8. The fraction of sp³-hybridized carbons (Fsp3) is 0.312. The molecule has 0 N–H and O–H groups in total. The molecular weight excluding hydrogens is 316 g/mol. The van der Waals surface area contributed by atoms with E-state index in [1.807, 2.05) is 4.90 Å². The first kappa shape index (κ1) is 14.9. The zero-order valence-corrected chi connectivity index (χ0v) is 12.8. The van der Waals surface area contributed by atoms with Gasteiger partial charge in [-0.2, -0.15) is 0 Å². The van der Waals surface area contributed by atoms with Crippen molar-refractivity contribution in [3.63, 3.8) is 0 Å². The van der Waals surface area contributed by atoms with Crippen LogP contribution in [0.5, 0.6) is 0 Å². The monoisotopic (exact) mass is 331 g/mol. The fourth-order valence-corrected chi connectivity index (χ4v) is 2.95. The lowest BCUT2D eigenvalue weighted by molar-refractivity contribution is 0.242. The molecule has 124 valence electrons. The first-order valence-corrected chi connectivity index (χ1v) is 7.67. The molecule has 0 spiro atoms. The molecule has 3 heterocycles. The van der Waals surface area contributed by atoms with Crippen LogP contribution in [-0.4, -0.2) is 46.2 Å². The molecule has 2 aromatic heterocycles. The Morgan fingerprint density at radius 2 is 1.96 bits per heavy atom. The summed E-state index contributed by atoms with van der Waals surface area (Å²) in [5.74, 6) is -0.409. The quantitative estimate of drug-likeness (QED) is 0.733. The zero-order chi connectivity index (χ0) is 16.5. The van der Waals surface area contributed by atoms with Crippen LogP contribution in [0.4, 0.5) is 14.6 Å². The maximum Gasteiger partial charge on any atom is 0.183 e. The van der Waals surface area contributed by atoms with Crippen molar-refractivity contribution in [1.29, 1.82) is 0 Å². The number of halogens is 2. The van der Waals surface area contributed by atoms with E-state index in [1.54, 1.807) is 6.07 Å². The third kappa shape index (κ3) is 2.80. The van der Waals surface area contributed by atoms with Gasteiger partial charge in [0.2, 0.25) is 0 Å². The van der Waals surface area contributed by atoms with Gasteiger partial charge in [-0.05, 0) is 12.1 Å². The van der Waals surface area contributed by atoms with Crippen molar-refractivity contribution in [3.05, 3.63) is 48.1 Å². The molecule has 1 fully saturated rings. The normalized spacial score (nSPS) is 16.0. The summed E-state index contributed by atoms with van der Waals surface area (Å²) in [4.78, 5) is 11.8. The van der Waals surface area contributed by atoms with E-state index in [0.717, 1.165) is 24.2 Å². The van der Waals surface area contributed by atoms with Crippen LogP contribution in [0, 0.1) is 11.6 Å². The average molecular weight is 331 g/mol. The molecule has 8 heteroatoms. The van der Waals surface area contributed by atoms with Crippen LogP contribution in [0.2, 0.25) is 0 Å². The molecule has 0 bridgehead atoms. The van der Waals surface area contributed by atoms with Crippen LogP contribution >= 0.6 is 0 Å². The van der Waals surface area contributed by atoms with Gasteiger partial charge in [-0.15, -0.1) is 0 Å². The van der Waals surface area contributed by atoms with E-state index in [1.165, 1.54) is 24.7 Å². The smallest absolute Gasteiger partial charge is 0.183 e. The Bertz CT molecular complexity index is 861. The summed E-state index contributed by atoms with van der Waals surface area (Å²) in [7, 11) is 0. The van der Waals surface area contributed by atoms with Gasteiger partial charge in [-0.25, -0.2) is 18.7 Å². The third-order valence-corrected chi connectivity index (χ3v) is 4.20. The van der Waals surface area contributed by atoms with Crippen LogP contribution < -0.4 is 4.90 Å². The average Bonchev–Trinajstić information content (AvgIpc) is 2.98. The lowest BCUT2D eigenvalue weighted by atomic mass is 10.2.